The molecule has 2 atom stereocenters. The van der Waals surface area contributed by atoms with Gasteiger partial charge in [-0.15, -0.1) is 0 Å². The van der Waals surface area contributed by atoms with Crippen molar-refractivity contribution in [3.63, 3.8) is 0 Å². The quantitative estimate of drug-likeness (QED) is 0.835. The van der Waals surface area contributed by atoms with Crippen LogP contribution in [0.1, 0.15) is 23.7 Å². The van der Waals surface area contributed by atoms with Gasteiger partial charge in [0.15, 0.2) is 0 Å². The van der Waals surface area contributed by atoms with Gasteiger partial charge in [-0.25, -0.2) is 0 Å². The van der Waals surface area contributed by atoms with Crippen LogP contribution in [-0.2, 0) is 0 Å². The Kier molecular flexibility index (Phi) is 2.76. The van der Waals surface area contributed by atoms with Gasteiger partial charge < -0.3 is 5.32 Å². The normalized spacial score (nSPS) is 24.4. The fourth-order valence-electron chi connectivity index (χ4n) is 1.40. The first-order valence-corrected chi connectivity index (χ1v) is 5.81. The van der Waals surface area contributed by atoms with Gasteiger partial charge in [0.2, 0.25) is 0 Å². The number of nitrogens with one attached hydrogen (secondary N) is 1. The molecule has 1 aromatic carbocycles. The second-order valence-corrected chi connectivity index (χ2v) is 5.05. The second kappa shape index (κ2) is 3.88. The maximum absolute atomic E-state index is 11.7. The number of carbonyl (C=O) groups excluding carboxylic acids is 1. The van der Waals surface area contributed by atoms with E-state index in [1.807, 2.05) is 24.3 Å². The van der Waals surface area contributed by atoms with Gasteiger partial charge in [-0.1, -0.05) is 13.0 Å². The summed E-state index contributed by atoms with van der Waals surface area (Å²) in [6.07, 6.45) is 1.12. The van der Waals surface area contributed by atoms with Crippen LogP contribution in [0.25, 0.3) is 0 Å². The van der Waals surface area contributed by atoms with Gasteiger partial charge in [0.25, 0.3) is 5.91 Å². The van der Waals surface area contributed by atoms with E-state index in [1.165, 1.54) is 0 Å². The van der Waals surface area contributed by atoms with Crippen LogP contribution in [0.15, 0.2) is 24.3 Å². The first-order valence-electron chi connectivity index (χ1n) is 4.73. The van der Waals surface area contributed by atoms with Crippen LogP contribution in [0.3, 0.4) is 0 Å². The number of hydrogen-bond donors (Lipinski definition) is 1. The van der Waals surface area contributed by atoms with Crippen LogP contribution in [0.4, 0.5) is 0 Å². The number of benzene rings is 1. The van der Waals surface area contributed by atoms with Crippen LogP contribution in [0.2, 0.25) is 0 Å². The zero-order valence-corrected chi connectivity index (χ0v) is 10.1. The third-order valence-corrected chi connectivity index (χ3v) is 3.18. The lowest BCUT2D eigenvalue weighted by molar-refractivity contribution is 0.0949. The van der Waals surface area contributed by atoms with E-state index in [1.54, 1.807) is 0 Å². The van der Waals surface area contributed by atoms with E-state index < -0.39 is 0 Å². The number of hydrogen-bond acceptors (Lipinski definition) is 1. The van der Waals surface area contributed by atoms with E-state index in [-0.39, 0.29) is 5.91 Å². The molecule has 0 bridgehead atoms. The van der Waals surface area contributed by atoms with Crippen LogP contribution in [0.5, 0.6) is 0 Å². The SMILES string of the molecule is CC1CC1NC(=O)c1cccc(I)c1. The third-order valence-electron chi connectivity index (χ3n) is 2.51. The van der Waals surface area contributed by atoms with Crippen LogP contribution < -0.4 is 5.32 Å². The minimum Gasteiger partial charge on any atom is -0.349 e. The molecule has 1 amide bonds. The zero-order chi connectivity index (χ0) is 10.1. The lowest BCUT2D eigenvalue weighted by atomic mass is 10.2. The van der Waals surface area contributed by atoms with E-state index in [4.69, 9.17) is 0 Å². The molecule has 14 heavy (non-hydrogen) atoms. The van der Waals surface area contributed by atoms with Gasteiger partial charge in [-0.05, 0) is 53.1 Å². The fraction of sp³-hybridized carbons (Fsp3) is 0.364. The Balaban J connectivity index is 2.03. The first kappa shape index (κ1) is 9.96. The highest BCUT2D eigenvalue weighted by Gasteiger charge is 2.33. The molecule has 2 rings (SSSR count). The van der Waals surface area contributed by atoms with E-state index in [0.717, 1.165) is 15.6 Å². The van der Waals surface area contributed by atoms with Crippen LogP contribution >= 0.6 is 22.6 Å². The zero-order valence-electron chi connectivity index (χ0n) is 7.96. The first-order chi connectivity index (χ1) is 6.66. The molecule has 2 unspecified atom stereocenters. The van der Waals surface area contributed by atoms with Crippen molar-refractivity contribution in [2.75, 3.05) is 0 Å². The maximum atomic E-state index is 11.7. The van der Waals surface area contributed by atoms with Crippen LogP contribution in [0, 0.1) is 9.49 Å². The second-order valence-electron chi connectivity index (χ2n) is 3.80. The van der Waals surface area contributed by atoms with Gasteiger partial charge in [0.05, 0.1) is 0 Å². The Morgan fingerprint density at radius 3 is 2.86 bits per heavy atom. The summed E-state index contributed by atoms with van der Waals surface area (Å²) in [7, 11) is 0. The smallest absolute Gasteiger partial charge is 0.251 e. The highest BCUT2D eigenvalue weighted by Crippen LogP contribution is 2.29. The summed E-state index contributed by atoms with van der Waals surface area (Å²) in [4.78, 5) is 11.7. The Morgan fingerprint density at radius 2 is 2.29 bits per heavy atom. The van der Waals surface area contributed by atoms with Crippen molar-refractivity contribution in [1.82, 2.24) is 5.32 Å². The van der Waals surface area contributed by atoms with E-state index in [9.17, 15) is 4.79 Å². The average Bonchev–Trinajstić information content (AvgIpc) is 2.81. The Hall–Kier alpha value is -0.580. The van der Waals surface area contributed by atoms with Gasteiger partial charge in [-0.3, -0.25) is 4.79 Å². The summed E-state index contributed by atoms with van der Waals surface area (Å²) in [5.74, 6) is 0.708. The molecule has 1 N–H and O–H groups in total. The lowest BCUT2D eigenvalue weighted by Gasteiger charge is -2.03. The molecule has 0 spiro atoms. The average molecular weight is 301 g/mol. The van der Waals surface area contributed by atoms with Crippen molar-refractivity contribution in [1.29, 1.82) is 0 Å². The minimum absolute atomic E-state index is 0.0536. The highest BCUT2D eigenvalue weighted by molar-refractivity contribution is 14.1. The molecule has 1 saturated carbocycles. The number of amides is 1. The molecule has 0 radical (unpaired) electrons. The van der Waals surface area contributed by atoms with Crippen molar-refractivity contribution in [3.8, 4) is 0 Å². The largest absolute Gasteiger partial charge is 0.349 e. The molecule has 0 aromatic heterocycles. The van der Waals surface area contributed by atoms with Crippen molar-refractivity contribution in [3.05, 3.63) is 33.4 Å². The molecule has 1 fully saturated rings. The van der Waals surface area contributed by atoms with E-state index >= 15 is 0 Å². The van der Waals surface area contributed by atoms with Crippen molar-refractivity contribution in [2.45, 2.75) is 19.4 Å². The molecule has 0 aliphatic heterocycles. The predicted molar refractivity (Wildman–Crippen MR) is 64.2 cm³/mol. The number of halogens is 1. The Labute approximate surface area is 97.2 Å². The minimum atomic E-state index is 0.0536. The summed E-state index contributed by atoms with van der Waals surface area (Å²) in [5, 5.41) is 3.00. The maximum Gasteiger partial charge on any atom is 0.251 e. The van der Waals surface area contributed by atoms with Crippen molar-refractivity contribution in [2.24, 2.45) is 5.92 Å². The molecule has 0 saturated heterocycles. The molecule has 3 heteroatoms. The summed E-state index contributed by atoms with van der Waals surface area (Å²) in [6, 6.07) is 8.05. The predicted octanol–water partition coefficient (Wildman–Crippen LogP) is 2.43. The standard InChI is InChI=1S/C11H12INO/c1-7-5-10(7)13-11(14)8-3-2-4-9(12)6-8/h2-4,6-7,10H,5H2,1H3,(H,13,14). The number of carbonyl (C=O) groups is 1. The summed E-state index contributed by atoms with van der Waals surface area (Å²) in [5.41, 5.74) is 0.760. The monoisotopic (exact) mass is 301 g/mol. The topological polar surface area (TPSA) is 29.1 Å². The molecule has 2 nitrogen and oxygen atoms in total. The van der Waals surface area contributed by atoms with Gasteiger partial charge in [-0.2, -0.15) is 0 Å². The highest BCUT2D eigenvalue weighted by atomic mass is 127. The van der Waals surface area contributed by atoms with Crippen LogP contribution in [-0.4, -0.2) is 11.9 Å². The van der Waals surface area contributed by atoms with Gasteiger partial charge in [0, 0.05) is 15.2 Å². The molecular formula is C11H12INO. The number of rotatable bonds is 2. The van der Waals surface area contributed by atoms with E-state index in [0.29, 0.717) is 12.0 Å². The summed E-state index contributed by atoms with van der Waals surface area (Å²) >= 11 is 2.21. The molecular weight excluding hydrogens is 289 g/mol. The summed E-state index contributed by atoms with van der Waals surface area (Å²) < 4.78 is 1.10. The Bertz CT molecular complexity index is 364. The van der Waals surface area contributed by atoms with Crippen molar-refractivity contribution >= 4 is 28.5 Å². The molecule has 0 heterocycles. The Morgan fingerprint density at radius 1 is 1.57 bits per heavy atom. The fourth-order valence-corrected chi connectivity index (χ4v) is 1.95. The van der Waals surface area contributed by atoms with E-state index in [2.05, 4.69) is 34.8 Å². The van der Waals surface area contributed by atoms with Gasteiger partial charge in [0.1, 0.15) is 0 Å². The third kappa shape index (κ3) is 2.26. The molecule has 1 aliphatic rings. The molecule has 74 valence electrons. The van der Waals surface area contributed by atoms with Gasteiger partial charge >= 0.3 is 0 Å². The summed E-state index contributed by atoms with van der Waals surface area (Å²) in [6.45, 7) is 2.15. The van der Waals surface area contributed by atoms with Crippen molar-refractivity contribution < 1.29 is 4.79 Å². The molecule has 1 aromatic rings. The lowest BCUT2D eigenvalue weighted by Crippen LogP contribution is -2.26. The molecule has 1 aliphatic carbocycles.